The molecule has 0 aliphatic carbocycles. The van der Waals surface area contributed by atoms with E-state index in [0.29, 0.717) is 0 Å². The van der Waals surface area contributed by atoms with Gasteiger partial charge >= 0.3 is 53.0 Å². The summed E-state index contributed by atoms with van der Waals surface area (Å²) < 4.78 is 31.1. The van der Waals surface area contributed by atoms with Crippen LogP contribution in [0.2, 0.25) is 0 Å². The Balaban J connectivity index is -0.0000000904. The first-order chi connectivity index (χ1) is 5.71. The fraction of sp³-hybridized carbons (Fsp3) is 0. The zero-order chi connectivity index (χ0) is 12.2. The largest absolute Gasteiger partial charge is 1.00 e. The maximum absolute atomic E-state index is 9.63. The Morgan fingerprint density at radius 3 is 0.867 bits per heavy atom. The molecule has 0 aliphatic rings. The summed E-state index contributed by atoms with van der Waals surface area (Å²) >= 11 is 0. The van der Waals surface area contributed by atoms with Gasteiger partial charge in [-0.15, -0.1) is 0 Å². The maximum atomic E-state index is 9.63. The smallest absolute Gasteiger partial charge is 1.00 e. The Morgan fingerprint density at radius 1 is 0.733 bits per heavy atom. The van der Waals surface area contributed by atoms with Crippen LogP contribution in [0.4, 0.5) is 0 Å². The topological polar surface area (TPSA) is 202 Å². The summed E-state index contributed by atoms with van der Waals surface area (Å²) in [4.78, 5) is 52.6. The Morgan fingerprint density at radius 2 is 0.867 bits per heavy atom. The van der Waals surface area contributed by atoms with E-state index in [4.69, 9.17) is 38.8 Å². The molecule has 0 fully saturated rings. The molecule has 0 bridgehead atoms. The van der Waals surface area contributed by atoms with E-state index < -0.39 is 23.5 Å². The monoisotopic (exact) mass is 300 g/mol. The minimum atomic E-state index is -5.05. The van der Waals surface area contributed by atoms with Crippen LogP contribution in [-0.4, -0.2) is 34.3 Å². The Kier molecular flexibility index (Phi) is 11.0. The third kappa shape index (κ3) is 50.6. The van der Waals surface area contributed by atoms with Gasteiger partial charge in [0.05, 0.1) is 0 Å². The molecule has 0 aliphatic heterocycles. The van der Waals surface area contributed by atoms with Crippen molar-refractivity contribution in [2.45, 2.75) is 0 Å². The predicted octanol–water partition coefficient (Wildman–Crippen LogP) is -4.62. The average Bonchev–Trinajstić information content (AvgIpc) is 1.42. The first kappa shape index (κ1) is 21.6. The van der Waals surface area contributed by atoms with Gasteiger partial charge in [0.2, 0.25) is 0 Å². The standard InChI is InChI=1S/Na.H4O7P2.H3O4P.H/c;1-8(2,3)7-9(4,5)6;1-5(2,3)4;/h;(H2,1,2,3)(H2,4,5,6);(H3,1,2,3,4);/q+1;;;-1. The molecule has 0 amide bonds. The predicted molar refractivity (Wildman–Crippen MR) is 40.5 cm³/mol. The first-order valence-corrected chi connectivity index (χ1v) is 6.94. The van der Waals surface area contributed by atoms with Gasteiger partial charge in [0.25, 0.3) is 0 Å². The molecule has 11 nitrogen and oxygen atoms in total. The van der Waals surface area contributed by atoms with Gasteiger partial charge in [-0.25, -0.2) is 13.7 Å². The molecule has 15 heteroatoms. The van der Waals surface area contributed by atoms with Crippen LogP contribution in [0, 0.1) is 0 Å². The van der Waals surface area contributed by atoms with Crippen LogP contribution in [-0.2, 0) is 18.0 Å². The van der Waals surface area contributed by atoms with E-state index in [2.05, 4.69) is 4.31 Å². The molecule has 0 saturated carbocycles. The molecule has 0 spiro atoms. The number of hydrogen-bond donors (Lipinski definition) is 7. The van der Waals surface area contributed by atoms with E-state index >= 15 is 0 Å². The molecular formula is H8NaO11P3. The summed E-state index contributed by atoms with van der Waals surface area (Å²) in [5.74, 6) is 0. The SMILES string of the molecule is O=P(O)(O)O.O=P(O)(O)OP(=O)(O)O.[H-].[Na+]. The number of phosphoric acid groups is 3. The summed E-state index contributed by atoms with van der Waals surface area (Å²) in [7, 11) is -14.7. The van der Waals surface area contributed by atoms with Gasteiger partial charge in [0.1, 0.15) is 0 Å². The van der Waals surface area contributed by atoms with E-state index in [1.165, 1.54) is 0 Å². The van der Waals surface area contributed by atoms with Crippen molar-refractivity contribution < 1.29 is 83.2 Å². The van der Waals surface area contributed by atoms with Gasteiger partial charge in [-0.05, 0) is 0 Å². The molecule has 0 saturated heterocycles. The summed E-state index contributed by atoms with van der Waals surface area (Å²) in [6, 6.07) is 0. The van der Waals surface area contributed by atoms with Crippen molar-refractivity contribution in [3.63, 3.8) is 0 Å². The normalized spacial score (nSPS) is 12.2. The third-order valence-corrected chi connectivity index (χ3v) is 1.91. The summed E-state index contributed by atoms with van der Waals surface area (Å²) in [6.07, 6.45) is 0. The van der Waals surface area contributed by atoms with Crippen LogP contribution in [0.1, 0.15) is 1.43 Å². The van der Waals surface area contributed by atoms with E-state index in [-0.39, 0.29) is 31.0 Å². The fourth-order valence-corrected chi connectivity index (χ4v) is 1.25. The van der Waals surface area contributed by atoms with Crippen LogP contribution in [0.3, 0.4) is 0 Å². The molecule has 0 atom stereocenters. The average molecular weight is 300 g/mol. The quantitative estimate of drug-likeness (QED) is 0.191. The minimum Gasteiger partial charge on any atom is -1.00 e. The summed E-state index contributed by atoms with van der Waals surface area (Å²) in [5, 5.41) is 0. The Labute approximate surface area is 107 Å². The summed E-state index contributed by atoms with van der Waals surface area (Å²) in [5.41, 5.74) is 0. The van der Waals surface area contributed by atoms with Crippen molar-refractivity contribution in [1.29, 1.82) is 0 Å². The van der Waals surface area contributed by atoms with Crippen molar-refractivity contribution in [3.05, 3.63) is 0 Å². The van der Waals surface area contributed by atoms with Crippen molar-refractivity contribution in [3.8, 4) is 0 Å². The molecular weight excluding hydrogens is 292 g/mol. The van der Waals surface area contributed by atoms with E-state index in [0.717, 1.165) is 0 Å². The minimum absolute atomic E-state index is 0. The van der Waals surface area contributed by atoms with Crippen LogP contribution in [0.25, 0.3) is 0 Å². The van der Waals surface area contributed by atoms with E-state index in [9.17, 15) is 9.13 Å². The van der Waals surface area contributed by atoms with Gasteiger partial charge in [-0.3, -0.25) is 0 Å². The molecule has 0 aromatic rings. The maximum Gasteiger partial charge on any atom is 1.00 e. The molecule has 0 rings (SSSR count). The van der Waals surface area contributed by atoms with Gasteiger partial charge in [0.15, 0.2) is 0 Å². The second kappa shape index (κ2) is 7.65. The number of rotatable bonds is 2. The van der Waals surface area contributed by atoms with Crippen molar-refractivity contribution in [2.75, 3.05) is 0 Å². The fourth-order valence-electron chi connectivity index (χ4n) is 0.139. The van der Waals surface area contributed by atoms with Crippen LogP contribution >= 0.6 is 23.5 Å². The Bertz CT molecular complexity index is 264. The molecule has 0 aromatic heterocycles. The molecule has 0 radical (unpaired) electrons. The second-order valence-electron chi connectivity index (χ2n) is 1.58. The Hall–Kier alpha value is 1.37. The summed E-state index contributed by atoms with van der Waals surface area (Å²) in [6.45, 7) is 0. The van der Waals surface area contributed by atoms with Gasteiger partial charge in [-0.1, -0.05) is 0 Å². The van der Waals surface area contributed by atoms with Crippen LogP contribution in [0.15, 0.2) is 0 Å². The van der Waals surface area contributed by atoms with Gasteiger partial charge in [0, 0.05) is 0 Å². The van der Waals surface area contributed by atoms with Gasteiger partial charge in [-0.2, -0.15) is 4.31 Å². The van der Waals surface area contributed by atoms with Crippen LogP contribution in [0.5, 0.6) is 0 Å². The molecule has 0 heterocycles. The zero-order valence-corrected chi connectivity index (χ0v) is 11.8. The van der Waals surface area contributed by atoms with E-state index in [1.807, 2.05) is 0 Å². The molecule has 0 unspecified atom stereocenters. The number of hydrogen-bond acceptors (Lipinski definition) is 4. The van der Waals surface area contributed by atoms with Crippen LogP contribution < -0.4 is 29.6 Å². The first-order valence-electron chi connectivity index (χ1n) is 2.31. The molecule has 7 N–H and O–H groups in total. The zero-order valence-electron chi connectivity index (χ0n) is 8.11. The molecule has 90 valence electrons. The van der Waals surface area contributed by atoms with Crippen molar-refractivity contribution in [2.24, 2.45) is 0 Å². The molecule has 0 aromatic carbocycles. The molecule has 15 heavy (non-hydrogen) atoms. The second-order valence-corrected chi connectivity index (χ2v) is 5.22. The van der Waals surface area contributed by atoms with E-state index in [1.54, 1.807) is 0 Å². The van der Waals surface area contributed by atoms with Crippen molar-refractivity contribution >= 4 is 23.5 Å². The third-order valence-electron chi connectivity index (χ3n) is 0.213. The van der Waals surface area contributed by atoms with Gasteiger partial charge < -0.3 is 35.7 Å². The van der Waals surface area contributed by atoms with Crippen molar-refractivity contribution in [1.82, 2.24) is 0 Å².